The van der Waals surface area contributed by atoms with E-state index in [-0.39, 0.29) is 36.4 Å². The Labute approximate surface area is 246 Å². The van der Waals surface area contributed by atoms with E-state index in [9.17, 15) is 9.59 Å². The molecule has 0 spiro atoms. The molecular formula is C32H53NO8. The minimum atomic E-state index is -0.639. The van der Waals surface area contributed by atoms with Crippen LogP contribution in [-0.2, 0) is 25.4 Å². The lowest BCUT2D eigenvalue weighted by molar-refractivity contribution is -0.146. The number of methoxy groups -OCH3 is 1. The largest absolute Gasteiger partial charge is 0.490 e. The maximum absolute atomic E-state index is 12.8. The van der Waals surface area contributed by atoms with Gasteiger partial charge in [-0.3, -0.25) is 4.79 Å². The van der Waals surface area contributed by atoms with Crippen molar-refractivity contribution in [3.63, 3.8) is 0 Å². The Bertz CT molecular complexity index is 942. The maximum atomic E-state index is 12.8. The van der Waals surface area contributed by atoms with E-state index in [2.05, 4.69) is 19.2 Å². The highest BCUT2D eigenvalue weighted by Crippen LogP contribution is 2.35. The standard InChI is InChI=1S/C32H53NO8/c1-21(2)24(17-23-11-12-27(38-15-9-13-34)29(18-23)39-16-10-14-37-8)19-26(33-31(36)41-32(5,6)7)28-20-25(22(3)4)30(35)40-28/h11-12,18,21-22,24-26,28,34H,9-10,13-17,19-20H2,1-8H3,(H,33,36)/t24-,25-,26-,28-/m0/s1. The van der Waals surface area contributed by atoms with Crippen LogP contribution in [0.2, 0.25) is 0 Å². The first-order valence-corrected chi connectivity index (χ1v) is 15.0. The molecule has 0 aromatic heterocycles. The molecule has 1 aliphatic heterocycles. The van der Waals surface area contributed by atoms with Crippen LogP contribution in [0.3, 0.4) is 0 Å². The fraction of sp³-hybridized carbons (Fsp3) is 0.750. The van der Waals surface area contributed by atoms with Gasteiger partial charge in [-0.05, 0) is 75.5 Å². The summed E-state index contributed by atoms with van der Waals surface area (Å²) in [4.78, 5) is 25.5. The van der Waals surface area contributed by atoms with E-state index in [4.69, 9.17) is 28.8 Å². The van der Waals surface area contributed by atoms with Crippen molar-refractivity contribution in [2.24, 2.45) is 23.7 Å². The number of carbonyl (C=O) groups is 2. The minimum absolute atomic E-state index is 0.0604. The highest BCUT2D eigenvalue weighted by atomic mass is 16.6. The van der Waals surface area contributed by atoms with E-state index in [0.29, 0.717) is 56.5 Å². The highest BCUT2D eigenvalue weighted by molar-refractivity contribution is 5.75. The zero-order valence-electron chi connectivity index (χ0n) is 26.4. The van der Waals surface area contributed by atoms with Crippen LogP contribution in [0.4, 0.5) is 4.79 Å². The second kappa shape index (κ2) is 16.8. The zero-order chi connectivity index (χ0) is 30.6. The van der Waals surface area contributed by atoms with E-state index < -0.39 is 17.8 Å². The second-order valence-corrected chi connectivity index (χ2v) is 12.7. The summed E-state index contributed by atoms with van der Waals surface area (Å²) < 4.78 is 28.5. The third kappa shape index (κ3) is 12.1. The SMILES string of the molecule is COCCCOc1cc(C[C@@H](C[C@H](NC(=O)OC(C)(C)C)[C@@H]2C[C@@H](C(C)C)C(=O)O2)C(C)C)ccc1OCCCO. The Morgan fingerprint density at radius 1 is 1.07 bits per heavy atom. The van der Waals surface area contributed by atoms with Crippen molar-refractivity contribution in [2.45, 2.75) is 98.3 Å². The number of amides is 1. The fourth-order valence-corrected chi connectivity index (χ4v) is 4.95. The number of aliphatic hydroxyl groups is 1. The van der Waals surface area contributed by atoms with Crippen LogP contribution in [0, 0.1) is 23.7 Å². The van der Waals surface area contributed by atoms with Crippen molar-refractivity contribution < 1.29 is 38.4 Å². The number of carbonyl (C=O) groups excluding carboxylic acids is 2. The van der Waals surface area contributed by atoms with Crippen molar-refractivity contribution in [3.05, 3.63) is 23.8 Å². The van der Waals surface area contributed by atoms with Crippen molar-refractivity contribution in [2.75, 3.05) is 33.5 Å². The van der Waals surface area contributed by atoms with Gasteiger partial charge in [0.25, 0.3) is 0 Å². The quantitative estimate of drug-likeness (QED) is 0.183. The van der Waals surface area contributed by atoms with Crippen molar-refractivity contribution in [1.82, 2.24) is 5.32 Å². The van der Waals surface area contributed by atoms with Gasteiger partial charge in [0.05, 0.1) is 25.2 Å². The monoisotopic (exact) mass is 579 g/mol. The Morgan fingerprint density at radius 2 is 1.76 bits per heavy atom. The molecule has 1 aliphatic rings. The first-order valence-electron chi connectivity index (χ1n) is 15.0. The molecule has 4 atom stereocenters. The summed E-state index contributed by atoms with van der Waals surface area (Å²) in [5.41, 5.74) is 0.443. The Hall–Kier alpha value is -2.52. The first kappa shape index (κ1) is 34.7. The van der Waals surface area contributed by atoms with Gasteiger partial charge in [-0.15, -0.1) is 0 Å². The molecule has 1 fully saturated rings. The van der Waals surface area contributed by atoms with E-state index in [1.54, 1.807) is 7.11 Å². The molecule has 2 N–H and O–H groups in total. The lowest BCUT2D eigenvalue weighted by Crippen LogP contribution is -2.47. The third-order valence-electron chi connectivity index (χ3n) is 7.33. The Balaban J connectivity index is 2.26. The van der Waals surface area contributed by atoms with Gasteiger partial charge in [-0.1, -0.05) is 33.8 Å². The van der Waals surface area contributed by atoms with Crippen LogP contribution in [0.1, 0.15) is 79.7 Å². The first-order chi connectivity index (χ1) is 19.3. The summed E-state index contributed by atoms with van der Waals surface area (Å²) in [5.74, 6) is 1.55. The molecule has 9 nitrogen and oxygen atoms in total. The highest BCUT2D eigenvalue weighted by Gasteiger charge is 2.42. The molecular weight excluding hydrogens is 526 g/mol. The van der Waals surface area contributed by atoms with Gasteiger partial charge >= 0.3 is 12.1 Å². The Kier molecular flexibility index (Phi) is 14.2. The van der Waals surface area contributed by atoms with Crippen LogP contribution in [0.25, 0.3) is 0 Å². The van der Waals surface area contributed by atoms with E-state index in [0.717, 1.165) is 18.4 Å². The predicted octanol–water partition coefficient (Wildman–Crippen LogP) is 5.55. The molecule has 234 valence electrons. The molecule has 1 amide bonds. The minimum Gasteiger partial charge on any atom is -0.490 e. The van der Waals surface area contributed by atoms with Crippen LogP contribution in [-0.4, -0.2) is 68.5 Å². The lowest BCUT2D eigenvalue weighted by Gasteiger charge is -2.31. The number of benzene rings is 1. The molecule has 0 bridgehead atoms. The zero-order valence-corrected chi connectivity index (χ0v) is 26.4. The Morgan fingerprint density at radius 3 is 2.34 bits per heavy atom. The van der Waals surface area contributed by atoms with Gasteiger partial charge in [0.2, 0.25) is 0 Å². The van der Waals surface area contributed by atoms with Crippen molar-refractivity contribution >= 4 is 12.1 Å². The summed E-state index contributed by atoms with van der Waals surface area (Å²) >= 11 is 0. The molecule has 0 saturated carbocycles. The van der Waals surface area contributed by atoms with Gasteiger partial charge in [-0.2, -0.15) is 0 Å². The molecule has 1 aromatic carbocycles. The fourth-order valence-electron chi connectivity index (χ4n) is 4.95. The van der Waals surface area contributed by atoms with Gasteiger partial charge in [0, 0.05) is 33.2 Å². The smallest absolute Gasteiger partial charge is 0.408 e. The van der Waals surface area contributed by atoms with E-state index >= 15 is 0 Å². The molecule has 1 saturated heterocycles. The molecule has 41 heavy (non-hydrogen) atoms. The maximum Gasteiger partial charge on any atom is 0.408 e. The van der Waals surface area contributed by atoms with E-state index in [1.807, 2.05) is 52.8 Å². The lowest BCUT2D eigenvalue weighted by atomic mass is 9.81. The predicted molar refractivity (Wildman–Crippen MR) is 158 cm³/mol. The normalized spacial score (nSPS) is 18.8. The topological polar surface area (TPSA) is 113 Å². The number of cyclic esters (lactones) is 1. The number of hydrogen-bond donors (Lipinski definition) is 2. The second-order valence-electron chi connectivity index (χ2n) is 12.7. The van der Waals surface area contributed by atoms with Crippen LogP contribution >= 0.6 is 0 Å². The average molecular weight is 580 g/mol. The number of ether oxygens (including phenoxy) is 5. The van der Waals surface area contributed by atoms with Crippen LogP contribution in [0.15, 0.2) is 18.2 Å². The summed E-state index contributed by atoms with van der Waals surface area (Å²) in [6.07, 6.45) is 2.30. The summed E-state index contributed by atoms with van der Waals surface area (Å²) in [6, 6.07) is 5.58. The number of rotatable bonds is 17. The number of esters is 1. The summed E-state index contributed by atoms with van der Waals surface area (Å²) in [5, 5.41) is 12.2. The molecule has 0 unspecified atom stereocenters. The molecule has 1 aromatic rings. The van der Waals surface area contributed by atoms with Crippen LogP contribution in [0.5, 0.6) is 11.5 Å². The average Bonchev–Trinajstić information content (AvgIpc) is 3.27. The van der Waals surface area contributed by atoms with Gasteiger partial charge in [0.15, 0.2) is 11.5 Å². The third-order valence-corrected chi connectivity index (χ3v) is 7.33. The van der Waals surface area contributed by atoms with Crippen LogP contribution < -0.4 is 14.8 Å². The van der Waals surface area contributed by atoms with Gasteiger partial charge < -0.3 is 34.1 Å². The molecule has 2 rings (SSSR count). The number of aliphatic hydroxyl groups excluding tert-OH is 1. The van der Waals surface area contributed by atoms with Crippen molar-refractivity contribution in [1.29, 1.82) is 0 Å². The molecule has 0 aliphatic carbocycles. The molecule has 1 heterocycles. The number of nitrogens with one attached hydrogen (secondary N) is 1. The number of alkyl carbamates (subject to hydrolysis) is 1. The number of hydrogen-bond acceptors (Lipinski definition) is 8. The van der Waals surface area contributed by atoms with Gasteiger partial charge in [0.1, 0.15) is 11.7 Å². The molecule has 9 heteroatoms. The van der Waals surface area contributed by atoms with Crippen molar-refractivity contribution in [3.8, 4) is 11.5 Å². The van der Waals surface area contributed by atoms with Gasteiger partial charge in [-0.25, -0.2) is 4.79 Å². The summed E-state index contributed by atoms with van der Waals surface area (Å²) in [7, 11) is 1.66. The molecule has 0 radical (unpaired) electrons. The summed E-state index contributed by atoms with van der Waals surface area (Å²) in [6.45, 7) is 15.4. The van der Waals surface area contributed by atoms with E-state index in [1.165, 1.54) is 0 Å².